The quantitative estimate of drug-likeness (QED) is 0.237. The monoisotopic (exact) mass is 497 g/mol. The van der Waals surface area contributed by atoms with Crippen molar-refractivity contribution in [2.24, 2.45) is 0 Å². The van der Waals surface area contributed by atoms with Crippen molar-refractivity contribution in [2.45, 2.75) is 51.4 Å². The SMILES string of the molecule is CC(C)Nc1ncc(-c2cc(-c3ccccc3CNC(=O)NC3CC3)nc(NC[C@H](O)CO)n2)s1. The van der Waals surface area contributed by atoms with E-state index in [9.17, 15) is 9.90 Å². The highest BCUT2D eigenvalue weighted by Gasteiger charge is 2.23. The molecule has 0 aliphatic heterocycles. The second-order valence-electron chi connectivity index (χ2n) is 8.77. The van der Waals surface area contributed by atoms with Gasteiger partial charge >= 0.3 is 6.03 Å². The van der Waals surface area contributed by atoms with Crippen molar-refractivity contribution >= 4 is 28.4 Å². The van der Waals surface area contributed by atoms with E-state index in [1.165, 1.54) is 11.3 Å². The summed E-state index contributed by atoms with van der Waals surface area (Å²) in [6.07, 6.45) is 2.89. The number of rotatable bonds is 11. The molecule has 35 heavy (non-hydrogen) atoms. The van der Waals surface area contributed by atoms with E-state index in [0.29, 0.717) is 23.9 Å². The van der Waals surface area contributed by atoms with Gasteiger partial charge in [-0.15, -0.1) is 0 Å². The Morgan fingerprint density at radius 2 is 1.97 bits per heavy atom. The van der Waals surface area contributed by atoms with Gasteiger partial charge in [0.1, 0.15) is 0 Å². The lowest BCUT2D eigenvalue weighted by Gasteiger charge is -2.14. The highest BCUT2D eigenvalue weighted by atomic mass is 32.1. The molecule has 4 rings (SSSR count). The number of hydrogen-bond donors (Lipinski definition) is 6. The Morgan fingerprint density at radius 1 is 1.20 bits per heavy atom. The minimum absolute atomic E-state index is 0.104. The van der Waals surface area contributed by atoms with Gasteiger partial charge in [-0.2, -0.15) is 0 Å². The van der Waals surface area contributed by atoms with E-state index in [0.717, 1.165) is 34.0 Å². The van der Waals surface area contributed by atoms with Gasteiger partial charge in [-0.3, -0.25) is 0 Å². The molecule has 0 saturated heterocycles. The maximum Gasteiger partial charge on any atom is 0.315 e. The molecule has 0 unspecified atom stereocenters. The fraction of sp³-hybridized carbons (Fsp3) is 0.417. The molecule has 10 nitrogen and oxygen atoms in total. The van der Waals surface area contributed by atoms with Gasteiger partial charge in [0.2, 0.25) is 5.95 Å². The lowest BCUT2D eigenvalue weighted by atomic mass is 10.0. The number of nitrogens with one attached hydrogen (secondary N) is 4. The molecule has 0 spiro atoms. The number of aliphatic hydroxyl groups excluding tert-OH is 2. The molecule has 186 valence electrons. The van der Waals surface area contributed by atoms with Crippen LogP contribution in [0.15, 0.2) is 36.5 Å². The first-order chi connectivity index (χ1) is 16.9. The lowest BCUT2D eigenvalue weighted by molar-refractivity contribution is 0.105. The number of carbonyl (C=O) groups is 1. The van der Waals surface area contributed by atoms with Gasteiger partial charge in [-0.05, 0) is 38.3 Å². The van der Waals surface area contributed by atoms with Crippen LogP contribution in [0, 0.1) is 0 Å². The van der Waals surface area contributed by atoms with Crippen molar-refractivity contribution in [1.82, 2.24) is 25.6 Å². The summed E-state index contributed by atoms with van der Waals surface area (Å²) in [7, 11) is 0. The normalized spacial score (nSPS) is 14.0. The van der Waals surface area contributed by atoms with Gasteiger partial charge in [0.15, 0.2) is 5.13 Å². The summed E-state index contributed by atoms with van der Waals surface area (Å²) in [4.78, 5) is 26.7. The van der Waals surface area contributed by atoms with E-state index in [-0.39, 0.29) is 31.3 Å². The van der Waals surface area contributed by atoms with E-state index >= 15 is 0 Å². The maximum atomic E-state index is 12.2. The second-order valence-corrected chi connectivity index (χ2v) is 9.80. The van der Waals surface area contributed by atoms with Crippen LogP contribution in [-0.2, 0) is 6.54 Å². The Balaban J connectivity index is 1.63. The smallest absolute Gasteiger partial charge is 0.315 e. The zero-order chi connectivity index (χ0) is 24.8. The number of carbonyl (C=O) groups excluding carboxylic acids is 1. The third-order valence-electron chi connectivity index (χ3n) is 5.25. The Bertz CT molecular complexity index is 1150. The molecule has 0 radical (unpaired) electrons. The minimum atomic E-state index is -0.933. The average molecular weight is 498 g/mol. The standard InChI is InChI=1S/C24H31N7O3S/c1-14(2)28-24-27-12-21(35-24)20-9-19(30-22(31-20)25-11-17(33)13-32)18-6-4-3-5-15(18)10-26-23(34)29-16-7-8-16/h3-6,9,12,14,16-17,32-33H,7-8,10-11,13H2,1-2H3,(H,27,28)(H,25,30,31)(H2,26,29,34)/t17-/m0/s1. The highest BCUT2D eigenvalue weighted by Crippen LogP contribution is 2.32. The molecule has 1 saturated carbocycles. The molecule has 1 fully saturated rings. The number of nitrogens with zero attached hydrogens (tertiary/aromatic N) is 3. The summed E-state index contributed by atoms with van der Waals surface area (Å²) in [5.41, 5.74) is 3.12. The molecule has 1 atom stereocenters. The van der Waals surface area contributed by atoms with Crippen LogP contribution in [0.3, 0.4) is 0 Å². The number of anilines is 2. The van der Waals surface area contributed by atoms with Crippen LogP contribution in [0.1, 0.15) is 32.3 Å². The first kappa shape index (κ1) is 24.8. The number of urea groups is 1. The first-order valence-corrected chi connectivity index (χ1v) is 12.5. The van der Waals surface area contributed by atoms with E-state index in [1.54, 1.807) is 6.20 Å². The van der Waals surface area contributed by atoms with E-state index in [1.807, 2.05) is 44.2 Å². The largest absolute Gasteiger partial charge is 0.394 e. The number of amides is 2. The van der Waals surface area contributed by atoms with Gasteiger partial charge in [0.05, 0.1) is 29.0 Å². The van der Waals surface area contributed by atoms with Gasteiger partial charge < -0.3 is 31.5 Å². The summed E-state index contributed by atoms with van der Waals surface area (Å²) < 4.78 is 0. The molecule has 3 aromatic rings. The molecule has 0 bridgehead atoms. The van der Waals surface area contributed by atoms with E-state index in [4.69, 9.17) is 5.11 Å². The van der Waals surface area contributed by atoms with Gasteiger partial charge in [0, 0.05) is 36.9 Å². The molecular formula is C24H31N7O3S. The second kappa shape index (κ2) is 11.4. The molecule has 1 aliphatic rings. The number of aliphatic hydroxyl groups is 2. The zero-order valence-electron chi connectivity index (χ0n) is 19.8. The molecule has 11 heteroatoms. The molecule has 2 heterocycles. The summed E-state index contributed by atoms with van der Waals surface area (Å²) in [5.74, 6) is 0.325. The van der Waals surface area contributed by atoms with Crippen LogP contribution in [0.25, 0.3) is 21.8 Å². The van der Waals surface area contributed by atoms with Crippen molar-refractivity contribution in [2.75, 3.05) is 23.8 Å². The van der Waals surface area contributed by atoms with Crippen LogP contribution in [0.4, 0.5) is 15.9 Å². The van der Waals surface area contributed by atoms with E-state index in [2.05, 4.69) is 36.2 Å². The first-order valence-electron chi connectivity index (χ1n) is 11.7. The summed E-state index contributed by atoms with van der Waals surface area (Å²) >= 11 is 1.49. The predicted octanol–water partition coefficient (Wildman–Crippen LogP) is 2.81. The van der Waals surface area contributed by atoms with Crippen LogP contribution < -0.4 is 21.3 Å². The number of hydrogen-bond acceptors (Lipinski definition) is 9. The van der Waals surface area contributed by atoms with Crippen molar-refractivity contribution in [3.8, 4) is 21.8 Å². The molecule has 6 N–H and O–H groups in total. The highest BCUT2D eigenvalue weighted by molar-refractivity contribution is 7.18. The Kier molecular flexibility index (Phi) is 8.11. The fourth-order valence-corrected chi connectivity index (χ4v) is 4.26. The Labute approximate surface area is 208 Å². The topological polar surface area (TPSA) is 144 Å². The Morgan fingerprint density at radius 3 is 2.71 bits per heavy atom. The van der Waals surface area contributed by atoms with Crippen molar-refractivity contribution in [3.05, 3.63) is 42.1 Å². The van der Waals surface area contributed by atoms with Gasteiger partial charge in [0.25, 0.3) is 0 Å². The maximum absolute atomic E-state index is 12.2. The predicted molar refractivity (Wildman–Crippen MR) is 137 cm³/mol. The summed E-state index contributed by atoms with van der Waals surface area (Å²) in [6, 6.07) is 10.00. The number of aromatic nitrogens is 3. The molecule has 1 aliphatic carbocycles. The number of benzene rings is 1. The van der Waals surface area contributed by atoms with Crippen LogP contribution in [0.5, 0.6) is 0 Å². The van der Waals surface area contributed by atoms with Crippen molar-refractivity contribution < 1.29 is 15.0 Å². The van der Waals surface area contributed by atoms with Gasteiger partial charge in [-0.1, -0.05) is 35.6 Å². The summed E-state index contributed by atoms with van der Waals surface area (Å²) in [6.45, 7) is 4.19. The molecular weight excluding hydrogens is 466 g/mol. The fourth-order valence-electron chi connectivity index (χ4n) is 3.33. The van der Waals surface area contributed by atoms with Gasteiger partial charge in [-0.25, -0.2) is 19.7 Å². The van der Waals surface area contributed by atoms with E-state index < -0.39 is 6.10 Å². The summed E-state index contributed by atoms with van der Waals surface area (Å²) in [5, 5.41) is 31.9. The van der Waals surface area contributed by atoms with Crippen LogP contribution in [-0.4, -0.2) is 62.5 Å². The number of thiazole rings is 1. The van der Waals surface area contributed by atoms with Crippen LogP contribution in [0.2, 0.25) is 0 Å². The third-order valence-corrected chi connectivity index (χ3v) is 6.20. The third kappa shape index (κ3) is 7.10. The van der Waals surface area contributed by atoms with Crippen molar-refractivity contribution in [1.29, 1.82) is 0 Å². The molecule has 2 amide bonds. The van der Waals surface area contributed by atoms with Crippen LogP contribution >= 0.6 is 11.3 Å². The Hall–Kier alpha value is -3.28. The molecule has 1 aromatic carbocycles. The molecule has 2 aromatic heterocycles. The zero-order valence-corrected chi connectivity index (χ0v) is 20.6. The lowest BCUT2D eigenvalue weighted by Crippen LogP contribution is -2.36. The minimum Gasteiger partial charge on any atom is -0.394 e. The van der Waals surface area contributed by atoms with Crippen molar-refractivity contribution in [3.63, 3.8) is 0 Å². The average Bonchev–Trinajstić information content (AvgIpc) is 3.55.